The van der Waals surface area contributed by atoms with Crippen LogP contribution in [0.1, 0.15) is 38.5 Å². The van der Waals surface area contributed by atoms with Crippen molar-refractivity contribution in [1.82, 2.24) is 10.6 Å². The second-order valence-electron chi connectivity index (χ2n) is 4.91. The van der Waals surface area contributed by atoms with Gasteiger partial charge in [0.05, 0.1) is 6.61 Å². The van der Waals surface area contributed by atoms with Crippen LogP contribution in [-0.2, 0) is 4.74 Å². The van der Waals surface area contributed by atoms with Crippen LogP contribution >= 0.6 is 0 Å². The number of nitrogens with one attached hydrogen (secondary N) is 2. The van der Waals surface area contributed by atoms with Gasteiger partial charge in [-0.05, 0) is 32.2 Å². The van der Waals surface area contributed by atoms with Crippen LogP contribution in [0.15, 0.2) is 0 Å². The molecule has 0 aromatic heterocycles. The maximum absolute atomic E-state index is 5.23. The molecule has 2 heterocycles. The summed E-state index contributed by atoms with van der Waals surface area (Å²) in [5.41, 5.74) is 0. The Morgan fingerprint density at radius 1 is 1.07 bits per heavy atom. The summed E-state index contributed by atoms with van der Waals surface area (Å²) in [7, 11) is 1.80. The van der Waals surface area contributed by atoms with E-state index >= 15 is 0 Å². The standard InChI is InChI=1S/C12H24N2O/c1-15-9-10-5-4-7-12(14-10)11-6-2-3-8-13-11/h10-14H,2-9H2,1H3. The smallest absolute Gasteiger partial charge is 0.0615 e. The topological polar surface area (TPSA) is 33.3 Å². The minimum atomic E-state index is 0.581. The van der Waals surface area contributed by atoms with E-state index in [0.717, 1.165) is 6.61 Å². The zero-order valence-electron chi connectivity index (χ0n) is 9.80. The first kappa shape index (κ1) is 11.4. The first-order valence-corrected chi connectivity index (χ1v) is 6.38. The van der Waals surface area contributed by atoms with Crippen LogP contribution in [0.2, 0.25) is 0 Å². The average molecular weight is 212 g/mol. The summed E-state index contributed by atoms with van der Waals surface area (Å²) < 4.78 is 5.23. The third kappa shape index (κ3) is 3.16. The Hall–Kier alpha value is -0.120. The highest BCUT2D eigenvalue weighted by molar-refractivity contribution is 4.90. The van der Waals surface area contributed by atoms with Gasteiger partial charge in [0, 0.05) is 25.2 Å². The van der Waals surface area contributed by atoms with E-state index in [1.54, 1.807) is 7.11 Å². The zero-order chi connectivity index (χ0) is 10.5. The van der Waals surface area contributed by atoms with Crippen molar-refractivity contribution in [2.45, 2.75) is 56.7 Å². The third-order valence-corrected chi connectivity index (χ3v) is 3.72. The monoisotopic (exact) mass is 212 g/mol. The summed E-state index contributed by atoms with van der Waals surface area (Å²) in [6.07, 6.45) is 8.05. The van der Waals surface area contributed by atoms with Gasteiger partial charge in [0.25, 0.3) is 0 Å². The molecule has 0 radical (unpaired) electrons. The quantitative estimate of drug-likeness (QED) is 0.739. The van der Waals surface area contributed by atoms with Crippen LogP contribution in [0.25, 0.3) is 0 Å². The van der Waals surface area contributed by atoms with Crippen molar-refractivity contribution in [3.8, 4) is 0 Å². The SMILES string of the molecule is COCC1CCCC(C2CCCCN2)N1. The number of hydrogen-bond acceptors (Lipinski definition) is 3. The van der Waals surface area contributed by atoms with Crippen LogP contribution in [0, 0.1) is 0 Å². The first-order chi connectivity index (χ1) is 7.40. The Labute approximate surface area is 93.0 Å². The minimum Gasteiger partial charge on any atom is -0.383 e. The molecule has 3 unspecified atom stereocenters. The van der Waals surface area contributed by atoms with Gasteiger partial charge in [-0.2, -0.15) is 0 Å². The van der Waals surface area contributed by atoms with Crippen molar-refractivity contribution < 1.29 is 4.74 Å². The van der Waals surface area contributed by atoms with Gasteiger partial charge >= 0.3 is 0 Å². The molecule has 3 heteroatoms. The predicted molar refractivity (Wildman–Crippen MR) is 62.1 cm³/mol. The lowest BCUT2D eigenvalue weighted by atomic mass is 9.89. The molecular formula is C12H24N2O. The van der Waals surface area contributed by atoms with Gasteiger partial charge in [-0.25, -0.2) is 0 Å². The number of piperidine rings is 2. The van der Waals surface area contributed by atoms with Crippen LogP contribution < -0.4 is 10.6 Å². The van der Waals surface area contributed by atoms with Crippen LogP contribution in [0.4, 0.5) is 0 Å². The van der Waals surface area contributed by atoms with Crippen LogP contribution in [0.3, 0.4) is 0 Å². The summed E-state index contributed by atoms with van der Waals surface area (Å²) in [6, 6.07) is 1.97. The first-order valence-electron chi connectivity index (χ1n) is 6.38. The molecule has 0 bridgehead atoms. The van der Waals surface area contributed by atoms with Gasteiger partial charge in [-0.3, -0.25) is 0 Å². The lowest BCUT2D eigenvalue weighted by Gasteiger charge is -2.38. The van der Waals surface area contributed by atoms with E-state index in [4.69, 9.17) is 4.74 Å². The lowest BCUT2D eigenvalue weighted by Crippen LogP contribution is -2.55. The summed E-state index contributed by atoms with van der Waals surface area (Å²) in [5.74, 6) is 0. The fraction of sp³-hybridized carbons (Fsp3) is 1.00. The van der Waals surface area contributed by atoms with Crippen molar-refractivity contribution in [3.05, 3.63) is 0 Å². The summed E-state index contributed by atoms with van der Waals surface area (Å²) in [5, 5.41) is 7.38. The largest absolute Gasteiger partial charge is 0.383 e. The van der Waals surface area contributed by atoms with Crippen molar-refractivity contribution in [2.75, 3.05) is 20.3 Å². The molecule has 0 aliphatic carbocycles. The molecule has 2 aliphatic heterocycles. The third-order valence-electron chi connectivity index (χ3n) is 3.72. The summed E-state index contributed by atoms with van der Waals surface area (Å²) >= 11 is 0. The van der Waals surface area contributed by atoms with Gasteiger partial charge < -0.3 is 15.4 Å². The lowest BCUT2D eigenvalue weighted by molar-refractivity contribution is 0.130. The van der Waals surface area contributed by atoms with Crippen molar-refractivity contribution in [3.63, 3.8) is 0 Å². The Morgan fingerprint density at radius 2 is 1.93 bits per heavy atom. The van der Waals surface area contributed by atoms with Crippen molar-refractivity contribution in [2.24, 2.45) is 0 Å². The van der Waals surface area contributed by atoms with Gasteiger partial charge in [-0.15, -0.1) is 0 Å². The molecular weight excluding hydrogens is 188 g/mol. The Bertz CT molecular complexity index is 178. The molecule has 88 valence electrons. The normalized spacial score (nSPS) is 37.8. The molecule has 15 heavy (non-hydrogen) atoms. The Balaban J connectivity index is 1.80. The fourth-order valence-electron chi connectivity index (χ4n) is 2.93. The number of rotatable bonds is 3. The second-order valence-corrected chi connectivity index (χ2v) is 4.91. The molecule has 3 nitrogen and oxygen atoms in total. The molecule has 2 fully saturated rings. The molecule has 3 atom stereocenters. The van der Waals surface area contributed by atoms with Gasteiger partial charge in [0.1, 0.15) is 0 Å². The molecule has 0 saturated carbocycles. The van der Waals surface area contributed by atoms with E-state index < -0.39 is 0 Å². The van der Waals surface area contributed by atoms with Crippen LogP contribution in [0.5, 0.6) is 0 Å². The summed E-state index contributed by atoms with van der Waals surface area (Å²) in [6.45, 7) is 2.07. The number of ether oxygens (including phenoxy) is 1. The maximum atomic E-state index is 5.23. The van der Waals surface area contributed by atoms with Crippen molar-refractivity contribution in [1.29, 1.82) is 0 Å². The van der Waals surface area contributed by atoms with E-state index in [1.807, 2.05) is 0 Å². The van der Waals surface area contributed by atoms with Gasteiger partial charge in [-0.1, -0.05) is 12.8 Å². The average Bonchev–Trinajstić information content (AvgIpc) is 2.31. The molecule has 0 aromatic carbocycles. The van der Waals surface area contributed by atoms with E-state index in [9.17, 15) is 0 Å². The maximum Gasteiger partial charge on any atom is 0.0615 e. The molecule has 2 N–H and O–H groups in total. The predicted octanol–water partition coefficient (Wildman–Crippen LogP) is 1.29. The van der Waals surface area contributed by atoms with E-state index in [1.165, 1.54) is 45.1 Å². The molecule has 2 aliphatic rings. The van der Waals surface area contributed by atoms with Crippen LogP contribution in [-0.4, -0.2) is 38.4 Å². The highest BCUT2D eigenvalue weighted by Crippen LogP contribution is 2.20. The number of methoxy groups -OCH3 is 1. The van der Waals surface area contributed by atoms with Gasteiger partial charge in [0.2, 0.25) is 0 Å². The minimum absolute atomic E-state index is 0.581. The van der Waals surface area contributed by atoms with E-state index in [0.29, 0.717) is 18.1 Å². The molecule has 0 aromatic rings. The van der Waals surface area contributed by atoms with Crippen molar-refractivity contribution >= 4 is 0 Å². The Kier molecular flexibility index (Phi) is 4.42. The highest BCUT2D eigenvalue weighted by Gasteiger charge is 2.28. The zero-order valence-corrected chi connectivity index (χ0v) is 9.80. The molecule has 2 saturated heterocycles. The van der Waals surface area contributed by atoms with Gasteiger partial charge in [0.15, 0.2) is 0 Å². The Morgan fingerprint density at radius 3 is 2.67 bits per heavy atom. The second kappa shape index (κ2) is 5.83. The van der Waals surface area contributed by atoms with E-state index in [2.05, 4.69) is 10.6 Å². The highest BCUT2D eigenvalue weighted by atomic mass is 16.5. The molecule has 2 rings (SSSR count). The molecule has 0 amide bonds. The molecule has 0 spiro atoms. The number of hydrogen-bond donors (Lipinski definition) is 2. The van der Waals surface area contributed by atoms with E-state index in [-0.39, 0.29) is 0 Å². The summed E-state index contributed by atoms with van der Waals surface area (Å²) in [4.78, 5) is 0. The fourth-order valence-corrected chi connectivity index (χ4v) is 2.93.